The van der Waals surface area contributed by atoms with Crippen molar-refractivity contribution >= 4 is 5.91 Å². The number of halogens is 3. The molecule has 10 heteroatoms. The SMILES string of the molecule is O=C1c2cc(-c3noc(C(F)(F)F)n3)cnc2CN1Cc1cccnc1. The van der Waals surface area contributed by atoms with E-state index in [1.807, 2.05) is 6.07 Å². The molecule has 3 aromatic rings. The van der Waals surface area contributed by atoms with Gasteiger partial charge in [-0.3, -0.25) is 14.8 Å². The fourth-order valence-corrected chi connectivity index (χ4v) is 2.65. The molecule has 0 saturated heterocycles. The molecule has 0 aliphatic carbocycles. The summed E-state index contributed by atoms with van der Waals surface area (Å²) in [5.41, 5.74) is 1.90. The molecule has 3 aromatic heterocycles. The van der Waals surface area contributed by atoms with Crippen LogP contribution in [0, 0.1) is 0 Å². The van der Waals surface area contributed by atoms with Gasteiger partial charge >= 0.3 is 12.1 Å². The summed E-state index contributed by atoms with van der Waals surface area (Å²) >= 11 is 0. The lowest BCUT2D eigenvalue weighted by molar-refractivity contribution is -0.159. The molecule has 0 spiro atoms. The van der Waals surface area contributed by atoms with Gasteiger partial charge in [0.05, 0.1) is 17.8 Å². The summed E-state index contributed by atoms with van der Waals surface area (Å²) in [6.45, 7) is 0.669. The van der Waals surface area contributed by atoms with Crippen LogP contribution in [-0.4, -0.2) is 30.9 Å². The van der Waals surface area contributed by atoms with Crippen LogP contribution in [-0.2, 0) is 19.3 Å². The van der Waals surface area contributed by atoms with E-state index in [2.05, 4.69) is 24.6 Å². The molecule has 132 valence electrons. The predicted molar refractivity (Wildman–Crippen MR) is 80.3 cm³/mol. The van der Waals surface area contributed by atoms with E-state index in [4.69, 9.17) is 0 Å². The maximum Gasteiger partial charge on any atom is 0.471 e. The number of pyridine rings is 2. The lowest BCUT2D eigenvalue weighted by atomic mass is 10.1. The van der Waals surface area contributed by atoms with Crippen LogP contribution in [0.5, 0.6) is 0 Å². The van der Waals surface area contributed by atoms with Gasteiger partial charge in [-0.2, -0.15) is 18.2 Å². The molecule has 1 amide bonds. The van der Waals surface area contributed by atoms with Crippen LogP contribution in [0.3, 0.4) is 0 Å². The second-order valence-corrected chi connectivity index (χ2v) is 5.66. The highest BCUT2D eigenvalue weighted by Crippen LogP contribution is 2.31. The van der Waals surface area contributed by atoms with Gasteiger partial charge in [0.15, 0.2) is 0 Å². The van der Waals surface area contributed by atoms with Crippen molar-refractivity contribution in [3.8, 4) is 11.4 Å². The maximum absolute atomic E-state index is 12.6. The van der Waals surface area contributed by atoms with Gasteiger partial charge in [0.2, 0.25) is 5.82 Å². The second-order valence-electron chi connectivity index (χ2n) is 5.66. The van der Waals surface area contributed by atoms with E-state index < -0.39 is 12.1 Å². The fourth-order valence-electron chi connectivity index (χ4n) is 2.65. The Morgan fingerprint density at radius 1 is 1.27 bits per heavy atom. The van der Waals surface area contributed by atoms with Gasteiger partial charge in [-0.1, -0.05) is 11.2 Å². The molecule has 0 saturated carbocycles. The third kappa shape index (κ3) is 2.89. The third-order valence-corrected chi connectivity index (χ3v) is 3.85. The first kappa shape index (κ1) is 16.2. The number of alkyl halides is 3. The summed E-state index contributed by atoms with van der Waals surface area (Å²) in [6.07, 6.45) is -0.110. The van der Waals surface area contributed by atoms with E-state index >= 15 is 0 Å². The van der Waals surface area contributed by atoms with Crippen molar-refractivity contribution in [2.24, 2.45) is 0 Å². The Bertz CT molecular complexity index is 972. The predicted octanol–water partition coefficient (Wildman–Crippen LogP) is 2.70. The van der Waals surface area contributed by atoms with E-state index in [0.29, 0.717) is 24.3 Å². The quantitative estimate of drug-likeness (QED) is 0.713. The monoisotopic (exact) mass is 361 g/mol. The average Bonchev–Trinajstić information content (AvgIpc) is 3.22. The minimum Gasteiger partial charge on any atom is -0.329 e. The Kier molecular flexibility index (Phi) is 3.67. The van der Waals surface area contributed by atoms with Gasteiger partial charge in [-0.05, 0) is 17.7 Å². The lowest BCUT2D eigenvalue weighted by Gasteiger charge is -2.14. The average molecular weight is 361 g/mol. The highest BCUT2D eigenvalue weighted by Gasteiger charge is 2.39. The number of nitrogens with zero attached hydrogens (tertiary/aromatic N) is 5. The Morgan fingerprint density at radius 3 is 2.81 bits per heavy atom. The normalized spacial score (nSPS) is 14.0. The molecule has 0 bridgehead atoms. The highest BCUT2D eigenvalue weighted by molar-refractivity contribution is 5.98. The van der Waals surface area contributed by atoms with Crippen molar-refractivity contribution in [2.45, 2.75) is 19.3 Å². The summed E-state index contributed by atoms with van der Waals surface area (Å²) in [5.74, 6) is -1.98. The minimum absolute atomic E-state index is 0.180. The van der Waals surface area contributed by atoms with E-state index in [1.165, 1.54) is 12.3 Å². The molecule has 0 unspecified atom stereocenters. The Hall–Kier alpha value is -3.30. The Balaban J connectivity index is 1.59. The van der Waals surface area contributed by atoms with Crippen molar-refractivity contribution in [3.63, 3.8) is 0 Å². The molecule has 1 aliphatic heterocycles. The molecule has 26 heavy (non-hydrogen) atoms. The van der Waals surface area contributed by atoms with Crippen LogP contribution >= 0.6 is 0 Å². The van der Waals surface area contributed by atoms with Crippen molar-refractivity contribution < 1.29 is 22.5 Å². The van der Waals surface area contributed by atoms with Crippen LogP contribution in [0.15, 0.2) is 41.3 Å². The van der Waals surface area contributed by atoms with Crippen molar-refractivity contribution in [1.82, 2.24) is 25.0 Å². The molecule has 4 rings (SSSR count). The summed E-state index contributed by atoms with van der Waals surface area (Å²) in [4.78, 5) is 25.6. The zero-order chi connectivity index (χ0) is 18.3. The molecule has 1 aliphatic rings. The molecule has 0 aromatic carbocycles. The van der Waals surface area contributed by atoms with Crippen LogP contribution in [0.1, 0.15) is 27.5 Å². The fraction of sp³-hybridized carbons (Fsp3) is 0.188. The lowest BCUT2D eigenvalue weighted by Crippen LogP contribution is -2.23. The van der Waals surface area contributed by atoms with E-state index in [1.54, 1.807) is 23.4 Å². The summed E-state index contributed by atoms with van der Waals surface area (Å²) in [6, 6.07) is 5.05. The van der Waals surface area contributed by atoms with Gasteiger partial charge in [-0.25, -0.2) is 0 Å². The number of carbonyl (C=O) groups is 1. The molecule has 4 heterocycles. The standard InChI is InChI=1S/C16H10F3N5O2/c17-16(18,19)15-22-13(23-26-15)10-4-11-12(21-6-10)8-24(14(11)25)7-9-2-1-3-20-5-9/h1-6H,7-8H2. The smallest absolute Gasteiger partial charge is 0.329 e. The number of fused-ring (bicyclic) bond motifs is 1. The highest BCUT2D eigenvalue weighted by atomic mass is 19.4. The van der Waals surface area contributed by atoms with Crippen LogP contribution < -0.4 is 0 Å². The van der Waals surface area contributed by atoms with E-state index in [9.17, 15) is 18.0 Å². The molecule has 0 fully saturated rings. The summed E-state index contributed by atoms with van der Waals surface area (Å²) in [5, 5.41) is 3.31. The van der Waals surface area contributed by atoms with Crippen LogP contribution in [0.4, 0.5) is 13.2 Å². The van der Waals surface area contributed by atoms with Crippen molar-refractivity contribution in [1.29, 1.82) is 0 Å². The van der Waals surface area contributed by atoms with Gasteiger partial charge in [-0.15, -0.1) is 0 Å². The minimum atomic E-state index is -4.73. The van der Waals surface area contributed by atoms with Crippen LogP contribution in [0.2, 0.25) is 0 Å². The number of carbonyl (C=O) groups excluding carboxylic acids is 1. The largest absolute Gasteiger partial charge is 0.471 e. The molecule has 7 nitrogen and oxygen atoms in total. The topological polar surface area (TPSA) is 85.0 Å². The van der Waals surface area contributed by atoms with E-state index in [-0.39, 0.29) is 17.3 Å². The number of amides is 1. The zero-order valence-corrected chi connectivity index (χ0v) is 13.1. The van der Waals surface area contributed by atoms with Crippen molar-refractivity contribution in [3.05, 3.63) is 59.5 Å². The van der Waals surface area contributed by atoms with Crippen molar-refractivity contribution in [2.75, 3.05) is 0 Å². The number of aromatic nitrogens is 4. The molecule has 0 radical (unpaired) electrons. The molecular formula is C16H10F3N5O2. The summed E-state index contributed by atoms with van der Waals surface area (Å²) < 4.78 is 42.0. The first-order valence-electron chi connectivity index (χ1n) is 7.50. The number of hydrogen-bond acceptors (Lipinski definition) is 6. The third-order valence-electron chi connectivity index (χ3n) is 3.85. The molecule has 0 atom stereocenters. The molecular weight excluding hydrogens is 351 g/mol. The van der Waals surface area contributed by atoms with Gasteiger partial charge in [0, 0.05) is 30.7 Å². The van der Waals surface area contributed by atoms with Gasteiger partial charge in [0.1, 0.15) is 0 Å². The first-order valence-corrected chi connectivity index (χ1v) is 7.50. The zero-order valence-electron chi connectivity index (χ0n) is 13.1. The number of hydrogen-bond donors (Lipinski definition) is 0. The molecule has 0 N–H and O–H groups in total. The number of rotatable bonds is 3. The Labute approximate surface area is 144 Å². The van der Waals surface area contributed by atoms with E-state index in [0.717, 1.165) is 5.56 Å². The second kappa shape index (κ2) is 5.90. The van der Waals surface area contributed by atoms with Crippen LogP contribution in [0.25, 0.3) is 11.4 Å². The van der Waals surface area contributed by atoms with Gasteiger partial charge < -0.3 is 9.42 Å². The first-order chi connectivity index (χ1) is 12.4. The maximum atomic E-state index is 12.6. The Morgan fingerprint density at radius 2 is 2.12 bits per heavy atom. The van der Waals surface area contributed by atoms with Gasteiger partial charge in [0.25, 0.3) is 5.91 Å². The summed E-state index contributed by atoms with van der Waals surface area (Å²) in [7, 11) is 0.